The number of hydrogen-bond acceptors (Lipinski definition) is 12. The number of hydrogen-bond donors (Lipinski definition) is 4. The summed E-state index contributed by atoms with van der Waals surface area (Å²) in [7, 11) is 0. The fourth-order valence-corrected chi connectivity index (χ4v) is 20.7. The van der Waals surface area contributed by atoms with E-state index in [1.165, 1.54) is 66.7 Å². The molecule has 662 valence electrons. The molecule has 0 radical (unpaired) electrons. The highest BCUT2D eigenvalue weighted by atomic mass is 35.5. The summed E-state index contributed by atoms with van der Waals surface area (Å²) in [6.45, 7) is 41.0. The van der Waals surface area contributed by atoms with E-state index in [0.717, 1.165) is 50.1 Å². The first-order chi connectivity index (χ1) is 58.2. The van der Waals surface area contributed by atoms with E-state index >= 15 is 28.0 Å². The Hall–Kier alpha value is -8.28. The summed E-state index contributed by atoms with van der Waals surface area (Å²) < 4.78 is 56.2. The average molecular weight is 1810 g/mol. The van der Waals surface area contributed by atoms with Gasteiger partial charge in [0.25, 0.3) is 0 Å². The molecule has 0 aliphatic heterocycles. The second-order valence-electron chi connectivity index (χ2n) is 37.2. The van der Waals surface area contributed by atoms with Gasteiger partial charge in [-0.05, 0) is 286 Å². The highest BCUT2D eigenvalue weighted by Gasteiger charge is 2.74. The minimum Gasteiger partial charge on any atom is -0.511 e. The van der Waals surface area contributed by atoms with Crippen LogP contribution in [0.5, 0.6) is 23.0 Å². The molecule has 4 aliphatic carbocycles. The van der Waals surface area contributed by atoms with E-state index in [-0.39, 0.29) is 141 Å². The first kappa shape index (κ1) is 97.9. The minimum atomic E-state index is -1.74. The van der Waals surface area contributed by atoms with Crippen LogP contribution in [0.15, 0.2) is 220 Å². The van der Waals surface area contributed by atoms with E-state index in [0.29, 0.717) is 53.3 Å². The number of ether oxygens (including phenoxy) is 4. The Morgan fingerprint density at radius 1 is 0.452 bits per heavy atom. The monoisotopic (exact) mass is 1810 g/mol. The predicted octanol–water partition coefficient (Wildman–Crippen LogP) is 28.6. The van der Waals surface area contributed by atoms with Gasteiger partial charge >= 0.3 is 0 Å². The van der Waals surface area contributed by atoms with Gasteiger partial charge in [-0.25, -0.2) is 8.78 Å². The highest BCUT2D eigenvalue weighted by Crippen LogP contribution is 2.71. The van der Waals surface area contributed by atoms with Crippen molar-refractivity contribution in [3.63, 3.8) is 0 Å². The number of Topliss-reactive ketones (excluding diaryl/α,β-unsaturated/α-hetero) is 4. The molecule has 0 spiro atoms. The Labute approximate surface area is 761 Å². The molecule has 0 aromatic heterocycles. The molecule has 10 rings (SSSR count). The normalized spacial score (nSPS) is 22.4. The molecule has 0 heterocycles. The average Bonchev–Trinajstić information content (AvgIpc) is 0.677. The van der Waals surface area contributed by atoms with Gasteiger partial charge in [-0.3, -0.25) is 19.2 Å². The van der Waals surface area contributed by atoms with Crippen LogP contribution >= 0.6 is 69.6 Å². The van der Waals surface area contributed by atoms with Crippen LogP contribution in [0.1, 0.15) is 230 Å². The Balaban J connectivity index is 0.994. The summed E-state index contributed by atoms with van der Waals surface area (Å²) in [5.41, 5.74) is -0.327. The van der Waals surface area contributed by atoms with E-state index in [2.05, 4.69) is 37.5 Å². The number of ketones is 4. The van der Waals surface area contributed by atoms with Gasteiger partial charge in [0.1, 0.15) is 60.7 Å². The first-order valence-corrected chi connectivity index (χ1v) is 44.6. The molecule has 4 bridgehead atoms. The van der Waals surface area contributed by atoms with Crippen LogP contribution in [0.25, 0.3) is 0 Å². The van der Waals surface area contributed by atoms with Gasteiger partial charge in [0.15, 0.2) is 46.1 Å². The van der Waals surface area contributed by atoms with Crippen molar-refractivity contribution in [1.29, 1.82) is 0 Å². The number of rotatable bonds is 36. The second kappa shape index (κ2) is 39.9. The molecule has 10 unspecified atom stereocenters. The number of aliphatic hydroxyl groups is 4. The maximum atomic E-state index is 16.4. The number of allylic oxidation sites excluding steroid dienone is 16. The van der Waals surface area contributed by atoms with Gasteiger partial charge in [-0.2, -0.15) is 0 Å². The molecular formula is C104H118Cl6F2O12. The maximum absolute atomic E-state index is 16.4. The van der Waals surface area contributed by atoms with Gasteiger partial charge in [0.05, 0.1) is 43.9 Å². The van der Waals surface area contributed by atoms with Gasteiger partial charge in [0, 0.05) is 53.5 Å². The fraction of sp³-hybridized carbons (Fsp3) is 0.423. The van der Waals surface area contributed by atoms with Crippen molar-refractivity contribution in [3.05, 3.63) is 301 Å². The summed E-state index contributed by atoms with van der Waals surface area (Å²) >= 11 is 41.0. The van der Waals surface area contributed by atoms with E-state index in [1.807, 2.05) is 130 Å². The SMILES string of the molecule is C=C(C)C(CC=C(C)C)CC12CC(CC=C(C)C)C(C)(C)C(CC=C(C)C)(C(=O)C(C(=O)c3ccc(OCc4c(Cl)cc(C/C(C)=C\CC5CC6(CC(CC=C(C)C)C(=C)C)C(O)=C(C(=O)c7ccc(OCc8c(F)cccc8Cl)c(OCc8c(F)cccc8Cl)c7)C(=O)C(CC=C(C)C)(C6O)C5(C)C)cc4Cl)c(OCc4c(Cl)cccc4Cl)c3)=C1O)C2O. The van der Waals surface area contributed by atoms with Crippen LogP contribution in [0.3, 0.4) is 0 Å². The minimum absolute atomic E-state index is 0.00223. The lowest BCUT2D eigenvalue weighted by Crippen LogP contribution is -2.69. The zero-order chi connectivity index (χ0) is 91.4. The van der Waals surface area contributed by atoms with Crippen molar-refractivity contribution in [2.45, 2.75) is 227 Å². The Morgan fingerprint density at radius 3 is 1.14 bits per heavy atom. The molecule has 124 heavy (non-hydrogen) atoms. The largest absolute Gasteiger partial charge is 0.511 e. The first-order valence-electron chi connectivity index (χ1n) is 42.3. The molecular weight excluding hydrogens is 1690 g/mol. The van der Waals surface area contributed by atoms with Crippen molar-refractivity contribution in [2.24, 2.45) is 56.2 Å². The third kappa shape index (κ3) is 19.9. The molecule has 2 saturated carbocycles. The van der Waals surface area contributed by atoms with E-state index in [4.69, 9.17) is 88.6 Å². The van der Waals surface area contributed by atoms with Crippen molar-refractivity contribution >= 4 is 92.7 Å². The topological polar surface area (TPSA) is 186 Å². The Bertz CT molecular complexity index is 5340. The zero-order valence-electron chi connectivity index (χ0n) is 74.3. The van der Waals surface area contributed by atoms with Gasteiger partial charge in [-0.1, -0.05) is 210 Å². The number of carbonyl (C=O) groups excluding carboxylic acids is 4. The van der Waals surface area contributed by atoms with Crippen molar-refractivity contribution in [3.8, 4) is 23.0 Å². The Morgan fingerprint density at radius 2 is 0.782 bits per heavy atom. The van der Waals surface area contributed by atoms with E-state index < -0.39 is 115 Å². The number of aliphatic hydroxyl groups excluding tert-OH is 4. The van der Waals surface area contributed by atoms with Crippen LogP contribution in [-0.4, -0.2) is 55.8 Å². The standard InChI is InChI=1S/C104H118Cl6F2O12/c1-58(2)29-33-69(63(11)12)50-101-52-71(37-31-60(5)6)99(16,17)103(97(101)119,43-41-61(7)8)95(117)89(93(101)115)91(113)67-35-39-85(87(48-67)123-54-73-77(105)23-20-24-78(73)106)121-55-74-81(109)46-66(47-82(74)110)45-65(15)32-38-72-53-102(51-70(64(13)14)34-30-59(3)4)94(116)90(96(118)104(98(102)120,100(72,18)19)44-42-62(9)10)92(114)68-36-40-86(122-56-75-79(107)25-21-27-83(75)111)88(49-68)124-57-76-80(108)26-22-28-84(76)112/h20-32,35-36,39-42,46-49,69-72,97-98,115-116,119-120H,11,13,33-34,37-38,43-45,50-57H2,1-10,12,14-19H3/b65-32-. The summed E-state index contributed by atoms with van der Waals surface area (Å²) in [5.74, 6) is -6.46. The van der Waals surface area contributed by atoms with Crippen LogP contribution in [-0.2, 0) is 42.4 Å². The van der Waals surface area contributed by atoms with Gasteiger partial charge < -0.3 is 39.4 Å². The molecule has 4 N–H and O–H groups in total. The van der Waals surface area contributed by atoms with Crippen LogP contribution in [0, 0.1) is 67.8 Å². The Kier molecular flexibility index (Phi) is 31.5. The molecule has 6 aromatic rings. The summed E-state index contributed by atoms with van der Waals surface area (Å²) in [5, 5.41) is 55.1. The van der Waals surface area contributed by atoms with E-state index in [1.54, 1.807) is 36.4 Å². The number of fused-ring (bicyclic) bond motifs is 4. The smallest absolute Gasteiger partial charge is 0.200 e. The lowest BCUT2D eigenvalue weighted by molar-refractivity contribution is -0.205. The maximum Gasteiger partial charge on any atom is 0.200 e. The van der Waals surface area contributed by atoms with Crippen LogP contribution in [0.4, 0.5) is 8.78 Å². The third-order valence-corrected chi connectivity index (χ3v) is 29.0. The van der Waals surface area contributed by atoms with Crippen LogP contribution in [0.2, 0.25) is 30.1 Å². The zero-order valence-corrected chi connectivity index (χ0v) is 78.9. The van der Waals surface area contributed by atoms with Crippen molar-refractivity contribution < 1.29 is 67.3 Å². The summed E-state index contributed by atoms with van der Waals surface area (Å²) in [6, 6.07) is 25.7. The van der Waals surface area contributed by atoms with Gasteiger partial charge in [0.2, 0.25) is 0 Å². The number of benzene rings is 6. The quantitative estimate of drug-likeness (QED) is 0.0166. The molecule has 0 amide bonds. The molecule has 12 nitrogen and oxygen atoms in total. The summed E-state index contributed by atoms with van der Waals surface area (Å²) in [4.78, 5) is 64.4. The van der Waals surface area contributed by atoms with Gasteiger partial charge in [-0.15, -0.1) is 0 Å². The molecule has 0 saturated heterocycles. The third-order valence-electron chi connectivity index (χ3n) is 26.9. The summed E-state index contributed by atoms with van der Waals surface area (Å²) in [6.07, 6.45) is 12.5. The molecule has 20 heteroatoms. The second-order valence-corrected chi connectivity index (χ2v) is 39.6. The lowest BCUT2D eigenvalue weighted by Gasteiger charge is -2.65. The lowest BCUT2D eigenvalue weighted by atomic mass is 9.38. The van der Waals surface area contributed by atoms with Crippen molar-refractivity contribution in [1.82, 2.24) is 0 Å². The molecule has 2 fully saturated rings. The molecule has 10 atom stereocenters. The van der Waals surface area contributed by atoms with Crippen LogP contribution < -0.4 is 18.9 Å². The molecule has 6 aromatic carbocycles. The predicted molar refractivity (Wildman–Crippen MR) is 498 cm³/mol. The number of halogens is 8. The van der Waals surface area contributed by atoms with Crippen molar-refractivity contribution in [2.75, 3.05) is 0 Å². The number of carbonyl (C=O) groups is 4. The fourth-order valence-electron chi connectivity index (χ4n) is 19.1. The molecule has 4 aliphatic rings. The van der Waals surface area contributed by atoms with E-state index in [9.17, 15) is 20.4 Å². The highest BCUT2D eigenvalue weighted by molar-refractivity contribution is 6.37.